The first-order valence-corrected chi connectivity index (χ1v) is 13.0. The molecule has 8 nitrogen and oxygen atoms in total. The average molecular weight is 567 g/mol. The van der Waals surface area contributed by atoms with E-state index < -0.39 is 47.4 Å². The summed E-state index contributed by atoms with van der Waals surface area (Å²) in [6.07, 6.45) is -1.39. The molecular formula is C30H29F3N4O4. The quantitative estimate of drug-likeness (QED) is 0.288. The van der Waals surface area contributed by atoms with E-state index in [2.05, 4.69) is 20.5 Å². The van der Waals surface area contributed by atoms with Gasteiger partial charge in [0.15, 0.2) is 5.82 Å². The van der Waals surface area contributed by atoms with Crippen molar-refractivity contribution >= 4 is 16.8 Å². The molecule has 11 heteroatoms. The highest BCUT2D eigenvalue weighted by molar-refractivity contribution is 5.99. The van der Waals surface area contributed by atoms with Gasteiger partial charge in [-0.25, -0.2) is 18.2 Å². The minimum atomic E-state index is -2.06. The lowest BCUT2D eigenvalue weighted by Crippen LogP contribution is -2.44. The Bertz CT molecular complexity index is 1640. The number of benzene rings is 2. The molecule has 1 aliphatic carbocycles. The number of rotatable bonds is 8. The standard InChI is InChI=1S/C30H29F3N4O4/c1-15-9-17-10-18(11-23(41-4)26(17)37-36-15)28(38)34-14-30(40,20-12-22(20)32)24-13-21(29(2,3)39)25(33)27(35-24)16-5-7-19(31)8-6-16/h5-11,13,20,22,39-40H,12,14H2,1-4H3,(H,34,38)/t20?,22-,30-/m1/s1. The van der Waals surface area contributed by atoms with E-state index in [-0.39, 0.29) is 34.5 Å². The van der Waals surface area contributed by atoms with Crippen LogP contribution in [-0.4, -0.2) is 51.1 Å². The van der Waals surface area contributed by atoms with Crippen molar-refractivity contribution in [3.63, 3.8) is 0 Å². The average Bonchev–Trinajstić information content (AvgIpc) is 3.67. The lowest BCUT2D eigenvalue weighted by molar-refractivity contribution is 0.00164. The van der Waals surface area contributed by atoms with Crippen molar-refractivity contribution < 1.29 is 32.9 Å². The number of aromatic nitrogens is 3. The Hall–Kier alpha value is -4.09. The fourth-order valence-corrected chi connectivity index (χ4v) is 4.90. The van der Waals surface area contributed by atoms with Crippen LogP contribution in [0.5, 0.6) is 5.75 Å². The number of ether oxygens (including phenoxy) is 1. The van der Waals surface area contributed by atoms with Gasteiger partial charge in [0.05, 0.1) is 30.6 Å². The number of alkyl halides is 1. The van der Waals surface area contributed by atoms with Crippen LogP contribution < -0.4 is 10.1 Å². The molecule has 41 heavy (non-hydrogen) atoms. The smallest absolute Gasteiger partial charge is 0.251 e. The molecule has 2 heterocycles. The maximum absolute atomic E-state index is 15.6. The lowest BCUT2D eigenvalue weighted by Gasteiger charge is -2.30. The number of halogens is 3. The molecule has 5 rings (SSSR count). The third-order valence-electron chi connectivity index (χ3n) is 7.28. The van der Waals surface area contributed by atoms with E-state index in [0.29, 0.717) is 22.3 Å². The van der Waals surface area contributed by atoms with E-state index in [1.165, 1.54) is 45.2 Å². The van der Waals surface area contributed by atoms with Gasteiger partial charge in [0.1, 0.15) is 34.6 Å². The largest absolute Gasteiger partial charge is 0.494 e. The molecule has 0 aliphatic heterocycles. The fraction of sp³-hybridized carbons (Fsp3) is 0.333. The van der Waals surface area contributed by atoms with Crippen LogP contribution in [-0.2, 0) is 11.2 Å². The summed E-state index contributed by atoms with van der Waals surface area (Å²) in [6.45, 7) is 4.02. The highest BCUT2D eigenvalue weighted by Gasteiger charge is 2.55. The van der Waals surface area contributed by atoms with E-state index in [1.807, 2.05) is 0 Å². The van der Waals surface area contributed by atoms with Gasteiger partial charge in [-0.15, -0.1) is 5.10 Å². The maximum atomic E-state index is 15.6. The van der Waals surface area contributed by atoms with Gasteiger partial charge in [0.2, 0.25) is 0 Å². The molecule has 1 unspecified atom stereocenters. The van der Waals surface area contributed by atoms with E-state index in [9.17, 15) is 23.8 Å². The summed E-state index contributed by atoms with van der Waals surface area (Å²) in [5, 5.41) is 34.0. The number of amides is 1. The molecule has 4 aromatic rings. The number of pyridine rings is 1. The van der Waals surface area contributed by atoms with Gasteiger partial charge >= 0.3 is 0 Å². The van der Waals surface area contributed by atoms with Gasteiger partial charge in [0.25, 0.3) is 5.91 Å². The van der Waals surface area contributed by atoms with Crippen molar-refractivity contribution in [2.45, 2.75) is 44.6 Å². The second kappa shape index (κ2) is 10.4. The molecule has 3 N–H and O–H groups in total. The van der Waals surface area contributed by atoms with Crippen molar-refractivity contribution in [2.75, 3.05) is 13.7 Å². The molecule has 0 saturated heterocycles. The number of methoxy groups -OCH3 is 1. The molecule has 2 aromatic heterocycles. The van der Waals surface area contributed by atoms with Crippen LogP contribution in [0.2, 0.25) is 0 Å². The van der Waals surface area contributed by atoms with Crippen molar-refractivity contribution in [3.8, 4) is 17.0 Å². The summed E-state index contributed by atoms with van der Waals surface area (Å²) in [5.41, 5.74) is -2.85. The van der Waals surface area contributed by atoms with E-state index in [1.54, 1.807) is 19.1 Å². The van der Waals surface area contributed by atoms with Gasteiger partial charge in [-0.1, -0.05) is 0 Å². The van der Waals surface area contributed by atoms with Crippen molar-refractivity contribution in [2.24, 2.45) is 5.92 Å². The molecule has 0 bridgehead atoms. The number of nitrogens with zero attached hydrogens (tertiary/aromatic N) is 3. The Labute approximate surface area is 234 Å². The lowest BCUT2D eigenvalue weighted by atomic mass is 9.87. The molecule has 2 aromatic carbocycles. The van der Waals surface area contributed by atoms with Crippen LogP contribution >= 0.6 is 0 Å². The minimum absolute atomic E-state index is 0.00307. The van der Waals surface area contributed by atoms with Crippen LogP contribution in [0.4, 0.5) is 13.2 Å². The second-order valence-electron chi connectivity index (χ2n) is 10.9. The summed E-state index contributed by atoms with van der Waals surface area (Å²) in [4.78, 5) is 17.6. The topological polar surface area (TPSA) is 117 Å². The van der Waals surface area contributed by atoms with Crippen LogP contribution in [0.25, 0.3) is 22.2 Å². The van der Waals surface area contributed by atoms with Gasteiger partial charge in [-0.2, -0.15) is 5.10 Å². The molecule has 0 spiro atoms. The zero-order valence-corrected chi connectivity index (χ0v) is 22.9. The zero-order chi connectivity index (χ0) is 29.7. The van der Waals surface area contributed by atoms with Gasteiger partial charge in [-0.05, 0) is 75.7 Å². The second-order valence-corrected chi connectivity index (χ2v) is 10.9. The summed E-state index contributed by atoms with van der Waals surface area (Å²) >= 11 is 0. The van der Waals surface area contributed by atoms with Crippen molar-refractivity contribution in [1.82, 2.24) is 20.5 Å². The summed E-state index contributed by atoms with van der Waals surface area (Å²) in [7, 11) is 1.43. The number of hydrogen-bond acceptors (Lipinski definition) is 7. The highest BCUT2D eigenvalue weighted by Crippen LogP contribution is 2.48. The molecule has 0 radical (unpaired) electrons. The Morgan fingerprint density at radius 2 is 1.78 bits per heavy atom. The molecule has 3 atom stereocenters. The van der Waals surface area contributed by atoms with Gasteiger partial charge in [-0.3, -0.25) is 4.79 Å². The molecule has 1 saturated carbocycles. The van der Waals surface area contributed by atoms with Crippen LogP contribution in [0, 0.1) is 24.5 Å². The third-order valence-corrected chi connectivity index (χ3v) is 7.28. The Kier molecular flexibility index (Phi) is 7.20. The Morgan fingerprint density at radius 3 is 2.39 bits per heavy atom. The first-order chi connectivity index (χ1) is 19.3. The summed E-state index contributed by atoms with van der Waals surface area (Å²) in [6, 6.07) is 10.9. The van der Waals surface area contributed by atoms with E-state index in [4.69, 9.17) is 4.74 Å². The number of carbonyl (C=O) groups is 1. The summed E-state index contributed by atoms with van der Waals surface area (Å²) < 4.78 is 49.1. The normalized spacial score (nSPS) is 18.2. The van der Waals surface area contributed by atoms with E-state index in [0.717, 1.165) is 12.1 Å². The summed E-state index contributed by atoms with van der Waals surface area (Å²) in [5.74, 6) is -2.62. The number of aryl methyl sites for hydroxylation is 1. The van der Waals surface area contributed by atoms with Crippen molar-refractivity contribution in [1.29, 1.82) is 0 Å². The first kappa shape index (κ1) is 28.4. The number of nitrogens with one attached hydrogen (secondary N) is 1. The number of carbonyl (C=O) groups excluding carboxylic acids is 1. The highest BCUT2D eigenvalue weighted by atomic mass is 19.1. The molecule has 1 aliphatic rings. The van der Waals surface area contributed by atoms with Gasteiger partial charge in [0, 0.05) is 28.0 Å². The molecular weight excluding hydrogens is 537 g/mol. The molecule has 1 fully saturated rings. The predicted octanol–water partition coefficient (Wildman–Crippen LogP) is 4.49. The fourth-order valence-electron chi connectivity index (χ4n) is 4.90. The molecule has 214 valence electrons. The van der Waals surface area contributed by atoms with Crippen molar-refractivity contribution in [3.05, 3.63) is 82.7 Å². The molecule has 1 amide bonds. The number of aliphatic hydroxyl groups is 2. The Morgan fingerprint density at radius 1 is 1.10 bits per heavy atom. The zero-order valence-electron chi connectivity index (χ0n) is 22.9. The van der Waals surface area contributed by atoms with Gasteiger partial charge < -0.3 is 20.3 Å². The van der Waals surface area contributed by atoms with E-state index >= 15 is 4.39 Å². The Balaban J connectivity index is 1.54. The minimum Gasteiger partial charge on any atom is -0.494 e. The number of fused-ring (bicyclic) bond motifs is 1. The maximum Gasteiger partial charge on any atom is 0.251 e. The third kappa shape index (κ3) is 5.47. The number of hydrogen-bond donors (Lipinski definition) is 3. The SMILES string of the molecule is COc1cc(C(=O)NC[C@](O)(c2cc(C(C)(C)O)c(F)c(-c3ccc(F)cc3)n2)C2C[C@H]2F)cc2cc(C)nnc12. The van der Waals surface area contributed by atoms with Crippen LogP contribution in [0.1, 0.15) is 47.6 Å². The van der Waals surface area contributed by atoms with Crippen LogP contribution in [0.3, 0.4) is 0 Å². The first-order valence-electron chi connectivity index (χ1n) is 13.0. The monoisotopic (exact) mass is 566 g/mol. The van der Waals surface area contributed by atoms with Crippen LogP contribution in [0.15, 0.2) is 48.5 Å². The predicted molar refractivity (Wildman–Crippen MR) is 145 cm³/mol.